The molecule has 2 aliphatic rings. The van der Waals surface area contributed by atoms with Crippen molar-refractivity contribution in [2.75, 3.05) is 0 Å². The van der Waals surface area contributed by atoms with Crippen LogP contribution >= 0.6 is 11.6 Å². The van der Waals surface area contributed by atoms with Crippen molar-refractivity contribution in [3.63, 3.8) is 0 Å². The Morgan fingerprint density at radius 1 is 1.45 bits per heavy atom. The molecule has 4 unspecified atom stereocenters. The second-order valence-electron chi connectivity index (χ2n) is 6.81. The number of nitrogens with two attached hydrogens (primary N) is 1. The van der Waals surface area contributed by atoms with Crippen LogP contribution < -0.4 is 11.3 Å². The molecule has 1 aromatic rings. The molecule has 0 radical (unpaired) electrons. The zero-order valence-electron chi connectivity index (χ0n) is 12.3. The molecule has 0 aliphatic heterocycles. The van der Waals surface area contributed by atoms with Crippen LogP contribution in [0.4, 0.5) is 0 Å². The lowest BCUT2D eigenvalue weighted by Crippen LogP contribution is -2.33. The van der Waals surface area contributed by atoms with Crippen molar-refractivity contribution in [1.29, 1.82) is 0 Å². The number of nitrogens with one attached hydrogen (secondary N) is 1. The highest BCUT2D eigenvalue weighted by molar-refractivity contribution is 6.31. The predicted octanol–water partition coefficient (Wildman–Crippen LogP) is 3.45. The second kappa shape index (κ2) is 5.66. The lowest BCUT2D eigenvalue weighted by atomic mass is 9.83. The van der Waals surface area contributed by atoms with Crippen LogP contribution in [0.15, 0.2) is 6.20 Å². The maximum atomic E-state index is 6.35. The van der Waals surface area contributed by atoms with Crippen LogP contribution in [0.2, 0.25) is 5.02 Å². The normalized spacial score (nSPS) is 30.4. The minimum atomic E-state index is 0.108. The van der Waals surface area contributed by atoms with Gasteiger partial charge in [-0.15, -0.1) is 0 Å². The van der Waals surface area contributed by atoms with Crippen LogP contribution in [0.25, 0.3) is 0 Å². The highest BCUT2D eigenvalue weighted by Crippen LogP contribution is 2.51. The van der Waals surface area contributed by atoms with Gasteiger partial charge in [-0.05, 0) is 57.3 Å². The first-order valence-electron chi connectivity index (χ1n) is 7.79. The molecule has 0 aromatic carbocycles. The van der Waals surface area contributed by atoms with E-state index in [-0.39, 0.29) is 6.04 Å². The van der Waals surface area contributed by atoms with E-state index in [0.29, 0.717) is 6.04 Å². The van der Waals surface area contributed by atoms with E-state index in [1.165, 1.54) is 25.7 Å². The topological polar surface area (TPSA) is 55.9 Å². The fraction of sp³-hybridized carbons (Fsp3) is 0.800. The van der Waals surface area contributed by atoms with E-state index in [1.54, 1.807) is 6.20 Å². The average molecular weight is 297 g/mol. The fourth-order valence-electron chi connectivity index (χ4n) is 4.31. The number of hydrogen-bond acceptors (Lipinski definition) is 3. The van der Waals surface area contributed by atoms with Gasteiger partial charge in [0.05, 0.1) is 23.0 Å². The molecule has 2 saturated carbocycles. The molecular formula is C15H25ClN4. The number of rotatable bonds is 5. The van der Waals surface area contributed by atoms with E-state index in [1.807, 2.05) is 4.68 Å². The number of nitrogens with zero attached hydrogens (tertiary/aromatic N) is 2. The molecule has 2 fully saturated rings. The molecule has 4 nitrogen and oxygen atoms in total. The van der Waals surface area contributed by atoms with Gasteiger partial charge in [-0.2, -0.15) is 5.10 Å². The van der Waals surface area contributed by atoms with Crippen molar-refractivity contribution < 1.29 is 0 Å². The summed E-state index contributed by atoms with van der Waals surface area (Å²) in [4.78, 5) is 0. The molecule has 1 heterocycles. The Bertz CT molecular complexity index is 470. The summed E-state index contributed by atoms with van der Waals surface area (Å²) < 4.78 is 2.00. The van der Waals surface area contributed by atoms with Crippen LogP contribution in [-0.2, 0) is 0 Å². The van der Waals surface area contributed by atoms with Gasteiger partial charge in [-0.1, -0.05) is 18.0 Å². The van der Waals surface area contributed by atoms with E-state index >= 15 is 0 Å². The van der Waals surface area contributed by atoms with Crippen LogP contribution in [-0.4, -0.2) is 9.78 Å². The highest BCUT2D eigenvalue weighted by Gasteiger charge is 2.40. The van der Waals surface area contributed by atoms with Crippen molar-refractivity contribution in [1.82, 2.24) is 15.2 Å². The van der Waals surface area contributed by atoms with Crippen molar-refractivity contribution in [3.05, 3.63) is 16.9 Å². The minimum Gasteiger partial charge on any atom is -0.271 e. The largest absolute Gasteiger partial charge is 0.271 e. The van der Waals surface area contributed by atoms with Crippen molar-refractivity contribution >= 4 is 11.6 Å². The standard InChI is InChI=1S/C15H25ClN4/c1-9(2)20-15(13(16)8-18-20)14(19-17)7-12-6-10-3-4-11(12)5-10/h8-12,14,19H,3-7,17H2,1-2H3. The smallest absolute Gasteiger partial charge is 0.0834 e. The van der Waals surface area contributed by atoms with Gasteiger partial charge in [-0.25, -0.2) is 0 Å². The van der Waals surface area contributed by atoms with E-state index in [2.05, 4.69) is 24.4 Å². The number of aromatic nitrogens is 2. The van der Waals surface area contributed by atoms with Gasteiger partial charge >= 0.3 is 0 Å². The number of hydrogen-bond donors (Lipinski definition) is 2. The van der Waals surface area contributed by atoms with Gasteiger partial charge in [0.15, 0.2) is 0 Å². The van der Waals surface area contributed by atoms with Gasteiger partial charge in [0.2, 0.25) is 0 Å². The highest BCUT2D eigenvalue weighted by atomic mass is 35.5. The van der Waals surface area contributed by atoms with Gasteiger partial charge in [0.1, 0.15) is 0 Å². The third-order valence-electron chi connectivity index (χ3n) is 5.23. The summed E-state index contributed by atoms with van der Waals surface area (Å²) in [5.74, 6) is 8.50. The molecule has 4 atom stereocenters. The van der Waals surface area contributed by atoms with Gasteiger partial charge < -0.3 is 0 Å². The number of hydrazine groups is 1. The Balaban J connectivity index is 1.78. The second-order valence-corrected chi connectivity index (χ2v) is 7.21. The molecule has 0 saturated heterocycles. The summed E-state index contributed by atoms with van der Waals surface area (Å²) in [6.07, 6.45) is 8.46. The third kappa shape index (κ3) is 2.49. The van der Waals surface area contributed by atoms with Crippen LogP contribution in [0.3, 0.4) is 0 Å². The SMILES string of the molecule is CC(C)n1ncc(Cl)c1C(CC1CC2CCC1C2)NN. The Morgan fingerprint density at radius 2 is 2.25 bits per heavy atom. The molecule has 2 bridgehead atoms. The molecule has 112 valence electrons. The lowest BCUT2D eigenvalue weighted by Gasteiger charge is -2.27. The first kappa shape index (κ1) is 14.4. The Morgan fingerprint density at radius 3 is 2.80 bits per heavy atom. The van der Waals surface area contributed by atoms with Gasteiger partial charge in [-0.3, -0.25) is 16.0 Å². The first-order chi connectivity index (χ1) is 9.60. The van der Waals surface area contributed by atoms with Crippen molar-refractivity contribution in [2.45, 2.75) is 58.0 Å². The van der Waals surface area contributed by atoms with Crippen molar-refractivity contribution in [3.8, 4) is 0 Å². The monoisotopic (exact) mass is 296 g/mol. The number of fused-ring (bicyclic) bond motifs is 2. The van der Waals surface area contributed by atoms with Gasteiger partial charge in [0, 0.05) is 6.04 Å². The summed E-state index contributed by atoms with van der Waals surface area (Å²) in [7, 11) is 0. The fourth-order valence-corrected chi connectivity index (χ4v) is 4.58. The quantitative estimate of drug-likeness (QED) is 0.646. The number of halogens is 1. The maximum Gasteiger partial charge on any atom is 0.0834 e. The van der Waals surface area contributed by atoms with Crippen LogP contribution in [0.5, 0.6) is 0 Å². The zero-order valence-corrected chi connectivity index (χ0v) is 13.1. The van der Waals surface area contributed by atoms with Gasteiger partial charge in [0.25, 0.3) is 0 Å². The summed E-state index contributed by atoms with van der Waals surface area (Å²) >= 11 is 6.35. The van der Waals surface area contributed by atoms with E-state index in [0.717, 1.165) is 34.9 Å². The zero-order chi connectivity index (χ0) is 14.3. The molecule has 20 heavy (non-hydrogen) atoms. The van der Waals surface area contributed by atoms with Crippen molar-refractivity contribution in [2.24, 2.45) is 23.6 Å². The lowest BCUT2D eigenvalue weighted by molar-refractivity contribution is 0.272. The molecule has 3 N–H and O–H groups in total. The molecular weight excluding hydrogens is 272 g/mol. The average Bonchev–Trinajstić information content (AvgIpc) is 3.10. The summed E-state index contributed by atoms with van der Waals surface area (Å²) in [6.45, 7) is 4.25. The minimum absolute atomic E-state index is 0.108. The van der Waals surface area contributed by atoms with E-state index in [9.17, 15) is 0 Å². The van der Waals surface area contributed by atoms with E-state index < -0.39 is 0 Å². The summed E-state index contributed by atoms with van der Waals surface area (Å²) in [6, 6.07) is 0.408. The van der Waals surface area contributed by atoms with Crippen LogP contribution in [0, 0.1) is 17.8 Å². The summed E-state index contributed by atoms with van der Waals surface area (Å²) in [5.41, 5.74) is 4.03. The molecule has 1 aromatic heterocycles. The Hall–Kier alpha value is -0.580. The van der Waals surface area contributed by atoms with Crippen LogP contribution in [0.1, 0.15) is 63.7 Å². The van der Waals surface area contributed by atoms with E-state index in [4.69, 9.17) is 17.4 Å². The predicted molar refractivity (Wildman–Crippen MR) is 81.2 cm³/mol. The Labute approximate surface area is 126 Å². The molecule has 0 amide bonds. The molecule has 2 aliphatic carbocycles. The third-order valence-corrected chi connectivity index (χ3v) is 5.52. The first-order valence-corrected chi connectivity index (χ1v) is 8.17. The maximum absolute atomic E-state index is 6.35. The molecule has 3 rings (SSSR count). The Kier molecular flexibility index (Phi) is 4.07. The molecule has 5 heteroatoms. The molecule has 0 spiro atoms. The summed E-state index contributed by atoms with van der Waals surface area (Å²) in [5, 5.41) is 5.12.